The standard InChI is InChI=1S/C9H9F2NO4S/c1-16-8-4-6(10)5(3-7(8)11)9(13)12-17(2,14)15/h3-4H,1-2H3,(H,12,13). The van der Waals surface area contributed by atoms with Gasteiger partial charge in [-0.2, -0.15) is 0 Å². The third-order valence-corrected chi connectivity index (χ3v) is 2.32. The van der Waals surface area contributed by atoms with Crippen LogP contribution in [0.5, 0.6) is 5.75 Å². The highest BCUT2D eigenvalue weighted by atomic mass is 32.2. The molecule has 5 nitrogen and oxygen atoms in total. The van der Waals surface area contributed by atoms with E-state index in [0.29, 0.717) is 12.1 Å². The molecule has 0 aliphatic rings. The van der Waals surface area contributed by atoms with E-state index in [9.17, 15) is 22.0 Å². The summed E-state index contributed by atoms with van der Waals surface area (Å²) in [5, 5.41) is 0. The normalized spacial score (nSPS) is 11.1. The summed E-state index contributed by atoms with van der Waals surface area (Å²) in [5.41, 5.74) is -0.714. The number of benzene rings is 1. The van der Waals surface area contributed by atoms with Crippen LogP contribution in [-0.2, 0) is 10.0 Å². The minimum Gasteiger partial charge on any atom is -0.494 e. The molecule has 0 aliphatic heterocycles. The zero-order valence-corrected chi connectivity index (χ0v) is 9.77. The summed E-state index contributed by atoms with van der Waals surface area (Å²) in [4.78, 5) is 11.3. The van der Waals surface area contributed by atoms with Gasteiger partial charge in [-0.1, -0.05) is 0 Å². The number of hydrogen-bond donors (Lipinski definition) is 1. The molecule has 1 rings (SSSR count). The average Bonchev–Trinajstić information content (AvgIpc) is 2.18. The number of amides is 1. The summed E-state index contributed by atoms with van der Waals surface area (Å²) in [6.45, 7) is 0. The second-order valence-electron chi connectivity index (χ2n) is 3.17. The van der Waals surface area contributed by atoms with Gasteiger partial charge in [-0.3, -0.25) is 4.79 Å². The number of carbonyl (C=O) groups is 1. The topological polar surface area (TPSA) is 72.5 Å². The molecule has 1 amide bonds. The van der Waals surface area contributed by atoms with Crippen LogP contribution in [0.3, 0.4) is 0 Å². The Bertz CT molecular complexity index is 556. The predicted molar refractivity (Wildman–Crippen MR) is 55.2 cm³/mol. The van der Waals surface area contributed by atoms with E-state index < -0.39 is 33.1 Å². The Kier molecular flexibility index (Phi) is 3.66. The number of carbonyl (C=O) groups excluding carboxylic acids is 1. The Labute approximate surface area is 96.4 Å². The summed E-state index contributed by atoms with van der Waals surface area (Å²) in [6, 6.07) is 1.22. The lowest BCUT2D eigenvalue weighted by Crippen LogP contribution is -2.30. The molecule has 0 spiro atoms. The molecule has 0 heterocycles. The fourth-order valence-corrected chi connectivity index (χ4v) is 1.53. The van der Waals surface area contributed by atoms with Gasteiger partial charge >= 0.3 is 0 Å². The van der Waals surface area contributed by atoms with Gasteiger partial charge < -0.3 is 4.74 Å². The first-order valence-corrected chi connectivity index (χ1v) is 6.19. The Morgan fingerprint density at radius 2 is 1.88 bits per heavy atom. The van der Waals surface area contributed by atoms with Crippen LogP contribution >= 0.6 is 0 Å². The van der Waals surface area contributed by atoms with Gasteiger partial charge in [-0.15, -0.1) is 0 Å². The van der Waals surface area contributed by atoms with Gasteiger partial charge in [0.05, 0.1) is 18.9 Å². The molecule has 0 saturated carbocycles. The maximum atomic E-state index is 13.3. The zero-order chi connectivity index (χ0) is 13.2. The van der Waals surface area contributed by atoms with Gasteiger partial charge in [0.25, 0.3) is 5.91 Å². The molecule has 0 radical (unpaired) electrons. The van der Waals surface area contributed by atoms with Gasteiger partial charge in [-0.05, 0) is 6.07 Å². The molecular weight excluding hydrogens is 256 g/mol. The maximum absolute atomic E-state index is 13.3. The van der Waals surface area contributed by atoms with E-state index in [2.05, 4.69) is 4.74 Å². The molecule has 17 heavy (non-hydrogen) atoms. The van der Waals surface area contributed by atoms with Crippen LogP contribution in [-0.4, -0.2) is 27.7 Å². The van der Waals surface area contributed by atoms with E-state index >= 15 is 0 Å². The Morgan fingerprint density at radius 3 is 2.35 bits per heavy atom. The van der Waals surface area contributed by atoms with Gasteiger partial charge in [-0.25, -0.2) is 21.9 Å². The molecule has 0 aromatic heterocycles. The summed E-state index contributed by atoms with van der Waals surface area (Å²) in [7, 11) is -2.70. The van der Waals surface area contributed by atoms with E-state index in [1.807, 2.05) is 0 Å². The second kappa shape index (κ2) is 4.66. The first kappa shape index (κ1) is 13.4. The fourth-order valence-electron chi connectivity index (χ4n) is 1.08. The van der Waals surface area contributed by atoms with Crippen LogP contribution < -0.4 is 9.46 Å². The van der Waals surface area contributed by atoms with Crippen LogP contribution in [0.4, 0.5) is 8.78 Å². The van der Waals surface area contributed by atoms with E-state index in [-0.39, 0.29) is 5.75 Å². The molecule has 0 bridgehead atoms. The van der Waals surface area contributed by atoms with Gasteiger partial charge in [0.15, 0.2) is 11.6 Å². The number of halogens is 2. The van der Waals surface area contributed by atoms with Crippen LogP contribution in [0.2, 0.25) is 0 Å². The lowest BCUT2D eigenvalue weighted by molar-refractivity contribution is 0.0977. The van der Waals surface area contributed by atoms with Crippen molar-refractivity contribution in [2.45, 2.75) is 0 Å². The van der Waals surface area contributed by atoms with Crippen molar-refractivity contribution in [3.63, 3.8) is 0 Å². The first-order chi connectivity index (χ1) is 7.74. The number of hydrogen-bond acceptors (Lipinski definition) is 4. The highest BCUT2D eigenvalue weighted by Gasteiger charge is 2.18. The van der Waals surface area contributed by atoms with E-state index in [1.165, 1.54) is 4.72 Å². The van der Waals surface area contributed by atoms with E-state index in [0.717, 1.165) is 13.4 Å². The zero-order valence-electron chi connectivity index (χ0n) is 8.95. The number of sulfonamides is 1. The molecule has 1 aromatic rings. The number of methoxy groups -OCH3 is 1. The molecular formula is C9H9F2NO4S. The van der Waals surface area contributed by atoms with E-state index in [1.54, 1.807) is 0 Å². The van der Waals surface area contributed by atoms with Crippen molar-refractivity contribution in [2.75, 3.05) is 13.4 Å². The fraction of sp³-hybridized carbons (Fsp3) is 0.222. The van der Waals surface area contributed by atoms with Crippen LogP contribution in [0.1, 0.15) is 10.4 Å². The Morgan fingerprint density at radius 1 is 1.29 bits per heavy atom. The van der Waals surface area contributed by atoms with Crippen LogP contribution in [0, 0.1) is 11.6 Å². The highest BCUT2D eigenvalue weighted by molar-refractivity contribution is 7.89. The smallest absolute Gasteiger partial charge is 0.267 e. The molecule has 0 unspecified atom stereocenters. The largest absolute Gasteiger partial charge is 0.494 e. The van der Waals surface area contributed by atoms with Crippen molar-refractivity contribution >= 4 is 15.9 Å². The SMILES string of the molecule is COc1cc(F)c(C(=O)NS(C)(=O)=O)cc1F. The van der Waals surface area contributed by atoms with Crippen LogP contribution in [0.25, 0.3) is 0 Å². The third kappa shape index (κ3) is 3.38. The van der Waals surface area contributed by atoms with Gasteiger partial charge in [0.2, 0.25) is 10.0 Å². The summed E-state index contributed by atoms with van der Waals surface area (Å²) >= 11 is 0. The Balaban J connectivity index is 3.16. The van der Waals surface area contributed by atoms with Crippen molar-refractivity contribution in [2.24, 2.45) is 0 Å². The first-order valence-electron chi connectivity index (χ1n) is 4.29. The summed E-state index contributed by atoms with van der Waals surface area (Å²) in [6.07, 6.45) is 0.725. The number of nitrogens with one attached hydrogen (secondary N) is 1. The second-order valence-corrected chi connectivity index (χ2v) is 4.92. The Hall–Kier alpha value is -1.70. The van der Waals surface area contributed by atoms with Crippen molar-refractivity contribution < 1.29 is 26.7 Å². The van der Waals surface area contributed by atoms with Crippen molar-refractivity contribution in [1.29, 1.82) is 0 Å². The lowest BCUT2D eigenvalue weighted by atomic mass is 10.2. The van der Waals surface area contributed by atoms with E-state index in [4.69, 9.17) is 0 Å². The minimum absolute atomic E-state index is 0.376. The maximum Gasteiger partial charge on any atom is 0.267 e. The molecule has 1 aromatic carbocycles. The molecule has 8 heteroatoms. The summed E-state index contributed by atoms with van der Waals surface area (Å²) in [5.74, 6) is -3.66. The molecule has 0 aliphatic carbocycles. The van der Waals surface area contributed by atoms with Gasteiger partial charge in [0.1, 0.15) is 5.82 Å². The monoisotopic (exact) mass is 265 g/mol. The van der Waals surface area contributed by atoms with Crippen molar-refractivity contribution in [3.05, 3.63) is 29.3 Å². The van der Waals surface area contributed by atoms with Crippen LogP contribution in [0.15, 0.2) is 12.1 Å². The lowest BCUT2D eigenvalue weighted by Gasteiger charge is -2.07. The molecule has 0 saturated heterocycles. The molecule has 94 valence electrons. The number of rotatable bonds is 3. The number of ether oxygens (including phenoxy) is 1. The quantitative estimate of drug-likeness (QED) is 0.871. The third-order valence-electron chi connectivity index (χ3n) is 1.76. The minimum atomic E-state index is -3.84. The summed E-state index contributed by atoms with van der Waals surface area (Å²) < 4.78 is 54.1. The highest BCUT2D eigenvalue weighted by Crippen LogP contribution is 2.21. The van der Waals surface area contributed by atoms with Crippen molar-refractivity contribution in [3.8, 4) is 5.75 Å². The van der Waals surface area contributed by atoms with Gasteiger partial charge in [0, 0.05) is 6.07 Å². The molecule has 1 N–H and O–H groups in total. The molecule has 0 atom stereocenters. The van der Waals surface area contributed by atoms with Crippen molar-refractivity contribution in [1.82, 2.24) is 4.72 Å². The average molecular weight is 265 g/mol. The predicted octanol–water partition coefficient (Wildman–Crippen LogP) is 0.663. The molecule has 0 fully saturated rings.